The quantitative estimate of drug-likeness (QED) is 0.622. The highest BCUT2D eigenvalue weighted by Crippen LogP contribution is 2.26. The van der Waals surface area contributed by atoms with Crippen LogP contribution in [0.1, 0.15) is 18.4 Å². The Labute approximate surface area is 181 Å². The fourth-order valence-corrected chi connectivity index (χ4v) is 3.79. The third kappa shape index (κ3) is 6.26. The fraction of sp³-hybridized carbons (Fsp3) is 0.409. The molecule has 2 aromatic carbocycles. The number of likely N-dealkylation sites (tertiary alicyclic amines) is 1. The summed E-state index contributed by atoms with van der Waals surface area (Å²) in [5, 5.41) is 4.13. The van der Waals surface area contributed by atoms with E-state index < -0.39 is 0 Å². The molecule has 1 aliphatic heterocycles. The number of hydrogen-bond acceptors (Lipinski definition) is 4. The van der Waals surface area contributed by atoms with E-state index in [1.54, 1.807) is 7.11 Å². The van der Waals surface area contributed by atoms with Gasteiger partial charge in [-0.2, -0.15) is 0 Å². The Morgan fingerprint density at radius 3 is 2.52 bits per heavy atom. The van der Waals surface area contributed by atoms with Crippen LogP contribution in [0.3, 0.4) is 0 Å². The molecule has 1 saturated heterocycles. The van der Waals surface area contributed by atoms with Crippen LogP contribution in [0.2, 0.25) is 10.0 Å². The Morgan fingerprint density at radius 2 is 1.83 bits per heavy atom. The molecule has 3 rings (SSSR count). The standard InChI is InChI=1S/C22H26Cl2N2O3/c1-28-20-4-2-3-5-21(20)29-13-10-25-22(27)17-8-11-26(12-9-17)15-16-6-7-18(23)19(24)14-16/h2-7,14,17H,8-13,15H2,1H3,(H,25,27). The number of benzene rings is 2. The van der Waals surface area contributed by atoms with Gasteiger partial charge in [0, 0.05) is 12.5 Å². The second-order valence-electron chi connectivity index (χ2n) is 7.09. The van der Waals surface area contributed by atoms with Gasteiger partial charge in [0.25, 0.3) is 0 Å². The van der Waals surface area contributed by atoms with E-state index in [-0.39, 0.29) is 11.8 Å². The first-order chi connectivity index (χ1) is 14.1. The Kier molecular flexibility index (Phi) is 8.04. The number of hydrogen-bond donors (Lipinski definition) is 1. The molecular formula is C22H26Cl2N2O3. The number of rotatable bonds is 8. The third-order valence-corrected chi connectivity index (χ3v) is 5.82. The number of carbonyl (C=O) groups is 1. The maximum atomic E-state index is 12.4. The van der Waals surface area contributed by atoms with Crippen LogP contribution in [0.15, 0.2) is 42.5 Å². The van der Waals surface area contributed by atoms with Gasteiger partial charge in [-0.05, 0) is 55.8 Å². The summed E-state index contributed by atoms with van der Waals surface area (Å²) < 4.78 is 11.0. The van der Waals surface area contributed by atoms with E-state index in [1.807, 2.05) is 42.5 Å². The van der Waals surface area contributed by atoms with Crippen molar-refractivity contribution in [2.24, 2.45) is 5.92 Å². The second-order valence-corrected chi connectivity index (χ2v) is 7.90. The first-order valence-electron chi connectivity index (χ1n) is 9.76. The maximum Gasteiger partial charge on any atom is 0.223 e. The zero-order valence-electron chi connectivity index (χ0n) is 16.5. The Balaban J connectivity index is 1.37. The Bertz CT molecular complexity index is 823. The van der Waals surface area contributed by atoms with Gasteiger partial charge in [0.05, 0.1) is 23.7 Å². The van der Waals surface area contributed by atoms with E-state index in [1.165, 1.54) is 0 Å². The number of nitrogens with zero attached hydrogens (tertiary/aromatic N) is 1. The number of para-hydroxylation sites is 2. The van der Waals surface area contributed by atoms with Gasteiger partial charge in [-0.1, -0.05) is 41.4 Å². The van der Waals surface area contributed by atoms with E-state index >= 15 is 0 Å². The average molecular weight is 437 g/mol. The molecule has 7 heteroatoms. The van der Waals surface area contributed by atoms with Crippen LogP contribution in [-0.2, 0) is 11.3 Å². The van der Waals surface area contributed by atoms with Gasteiger partial charge in [-0.15, -0.1) is 0 Å². The summed E-state index contributed by atoms with van der Waals surface area (Å²) in [4.78, 5) is 14.8. The van der Waals surface area contributed by atoms with Crippen LogP contribution in [-0.4, -0.2) is 44.2 Å². The van der Waals surface area contributed by atoms with E-state index in [0.717, 1.165) is 38.0 Å². The predicted octanol–water partition coefficient (Wildman–Crippen LogP) is 4.41. The highest BCUT2D eigenvalue weighted by Gasteiger charge is 2.24. The molecule has 0 spiro atoms. The molecule has 0 saturated carbocycles. The van der Waals surface area contributed by atoms with E-state index in [2.05, 4.69) is 10.2 Å². The molecule has 1 N–H and O–H groups in total. The van der Waals surface area contributed by atoms with Gasteiger partial charge < -0.3 is 14.8 Å². The van der Waals surface area contributed by atoms with Crippen LogP contribution in [0, 0.1) is 5.92 Å². The third-order valence-electron chi connectivity index (χ3n) is 5.08. The summed E-state index contributed by atoms with van der Waals surface area (Å²) in [6.07, 6.45) is 1.70. The number of methoxy groups -OCH3 is 1. The zero-order valence-corrected chi connectivity index (χ0v) is 18.0. The molecule has 29 heavy (non-hydrogen) atoms. The summed E-state index contributed by atoms with van der Waals surface area (Å²) in [5.41, 5.74) is 1.13. The molecule has 1 aliphatic rings. The first kappa shape index (κ1) is 21.8. The highest BCUT2D eigenvalue weighted by atomic mass is 35.5. The van der Waals surface area contributed by atoms with Crippen molar-refractivity contribution >= 4 is 29.1 Å². The first-order valence-corrected chi connectivity index (χ1v) is 10.5. The molecule has 1 heterocycles. The van der Waals surface area contributed by atoms with Crippen LogP contribution < -0.4 is 14.8 Å². The summed E-state index contributed by atoms with van der Waals surface area (Å²) in [6, 6.07) is 13.2. The van der Waals surface area contributed by atoms with Crippen LogP contribution >= 0.6 is 23.2 Å². The lowest BCUT2D eigenvalue weighted by Gasteiger charge is -2.31. The average Bonchev–Trinajstić information content (AvgIpc) is 2.74. The lowest BCUT2D eigenvalue weighted by molar-refractivity contribution is -0.126. The van der Waals surface area contributed by atoms with Crippen molar-refractivity contribution in [2.45, 2.75) is 19.4 Å². The van der Waals surface area contributed by atoms with Crippen molar-refractivity contribution in [3.63, 3.8) is 0 Å². The van der Waals surface area contributed by atoms with Crippen molar-refractivity contribution in [3.8, 4) is 11.5 Å². The van der Waals surface area contributed by atoms with E-state index in [0.29, 0.717) is 34.7 Å². The molecule has 0 bridgehead atoms. The van der Waals surface area contributed by atoms with Gasteiger partial charge in [0.1, 0.15) is 6.61 Å². The smallest absolute Gasteiger partial charge is 0.223 e. The van der Waals surface area contributed by atoms with Crippen molar-refractivity contribution in [3.05, 3.63) is 58.1 Å². The molecule has 156 valence electrons. The molecule has 0 atom stereocenters. The van der Waals surface area contributed by atoms with Crippen molar-refractivity contribution < 1.29 is 14.3 Å². The number of carbonyl (C=O) groups excluding carboxylic acids is 1. The molecule has 2 aromatic rings. The molecule has 0 aromatic heterocycles. The predicted molar refractivity (Wildman–Crippen MR) is 116 cm³/mol. The lowest BCUT2D eigenvalue weighted by Crippen LogP contribution is -2.41. The Morgan fingerprint density at radius 1 is 1.10 bits per heavy atom. The summed E-state index contributed by atoms with van der Waals surface area (Å²) in [7, 11) is 1.61. The normalized spacial score (nSPS) is 15.1. The van der Waals surface area contributed by atoms with Crippen LogP contribution in [0.5, 0.6) is 11.5 Å². The number of halogens is 2. The van der Waals surface area contributed by atoms with Crippen LogP contribution in [0.4, 0.5) is 0 Å². The molecule has 5 nitrogen and oxygen atoms in total. The second kappa shape index (κ2) is 10.7. The summed E-state index contributed by atoms with van der Waals surface area (Å²) >= 11 is 12.1. The molecule has 0 radical (unpaired) electrons. The van der Waals surface area contributed by atoms with Gasteiger partial charge in [-0.3, -0.25) is 9.69 Å². The lowest BCUT2D eigenvalue weighted by atomic mass is 9.95. The molecule has 1 amide bonds. The van der Waals surface area contributed by atoms with Gasteiger partial charge >= 0.3 is 0 Å². The van der Waals surface area contributed by atoms with Crippen molar-refractivity contribution in [1.29, 1.82) is 0 Å². The van der Waals surface area contributed by atoms with Crippen LogP contribution in [0.25, 0.3) is 0 Å². The van der Waals surface area contributed by atoms with Gasteiger partial charge in [-0.25, -0.2) is 0 Å². The minimum atomic E-state index is 0.0475. The minimum absolute atomic E-state index is 0.0475. The zero-order chi connectivity index (χ0) is 20.6. The van der Waals surface area contributed by atoms with Crippen molar-refractivity contribution in [2.75, 3.05) is 33.4 Å². The number of piperidine rings is 1. The van der Waals surface area contributed by atoms with E-state index in [9.17, 15) is 4.79 Å². The monoisotopic (exact) mass is 436 g/mol. The molecule has 0 aliphatic carbocycles. The van der Waals surface area contributed by atoms with Crippen molar-refractivity contribution in [1.82, 2.24) is 10.2 Å². The highest BCUT2D eigenvalue weighted by molar-refractivity contribution is 6.42. The van der Waals surface area contributed by atoms with E-state index in [4.69, 9.17) is 32.7 Å². The summed E-state index contributed by atoms with van der Waals surface area (Å²) in [6.45, 7) is 3.47. The molecule has 1 fully saturated rings. The van der Waals surface area contributed by atoms with Gasteiger partial charge in [0.2, 0.25) is 5.91 Å². The molecule has 0 unspecified atom stereocenters. The SMILES string of the molecule is COc1ccccc1OCCNC(=O)C1CCN(Cc2ccc(Cl)c(Cl)c2)CC1. The topological polar surface area (TPSA) is 50.8 Å². The van der Waals surface area contributed by atoms with Gasteiger partial charge in [0.15, 0.2) is 11.5 Å². The fourth-order valence-electron chi connectivity index (χ4n) is 3.47. The number of nitrogens with one attached hydrogen (secondary N) is 1. The number of ether oxygens (including phenoxy) is 2. The Hall–Kier alpha value is -1.95. The minimum Gasteiger partial charge on any atom is -0.493 e. The maximum absolute atomic E-state index is 12.4. The number of amides is 1. The largest absolute Gasteiger partial charge is 0.493 e. The molecular weight excluding hydrogens is 411 g/mol. The summed E-state index contributed by atoms with van der Waals surface area (Å²) in [5.74, 6) is 1.52.